The Morgan fingerprint density at radius 3 is 2.73 bits per heavy atom. The molecule has 1 aromatic rings. The van der Waals surface area contributed by atoms with Gasteiger partial charge in [-0.15, -0.1) is 0 Å². The molecule has 0 saturated carbocycles. The number of rotatable bonds is 2. The Bertz CT molecular complexity index is 814. The van der Waals surface area contributed by atoms with Crippen molar-refractivity contribution in [3.05, 3.63) is 17.7 Å². The molecule has 0 aliphatic carbocycles. The zero-order chi connectivity index (χ0) is 19.1. The van der Waals surface area contributed by atoms with Gasteiger partial charge in [0.25, 0.3) is 0 Å². The molecule has 1 atom stereocenters. The fraction of sp³-hybridized carbons (Fsp3) is 0.611. The van der Waals surface area contributed by atoms with Crippen LogP contribution >= 0.6 is 0 Å². The molecule has 8 heteroatoms. The molecule has 26 heavy (non-hydrogen) atoms. The molecule has 7 nitrogen and oxygen atoms in total. The Balaban J connectivity index is 1.84. The van der Waals surface area contributed by atoms with Crippen molar-refractivity contribution < 1.29 is 22.7 Å². The molecule has 2 aliphatic heterocycles. The molecule has 0 spiro atoms. The summed E-state index contributed by atoms with van der Waals surface area (Å²) in [6, 6.07) is 3.69. The van der Waals surface area contributed by atoms with Crippen LogP contribution in [0.15, 0.2) is 12.1 Å². The fourth-order valence-corrected chi connectivity index (χ4v) is 4.15. The van der Waals surface area contributed by atoms with Gasteiger partial charge in [-0.2, -0.15) is 0 Å². The zero-order valence-electron chi connectivity index (χ0n) is 15.7. The number of fused-ring (bicyclic) bond motifs is 2. The van der Waals surface area contributed by atoms with Crippen molar-refractivity contribution in [2.45, 2.75) is 39.2 Å². The summed E-state index contributed by atoms with van der Waals surface area (Å²) in [5, 5.41) is 3.29. The van der Waals surface area contributed by atoms with Crippen molar-refractivity contribution in [3.63, 3.8) is 0 Å². The number of hydrogen-bond acceptors (Lipinski definition) is 6. The van der Waals surface area contributed by atoms with Gasteiger partial charge in [-0.3, -0.25) is 9.10 Å². The van der Waals surface area contributed by atoms with Crippen molar-refractivity contribution in [2.24, 2.45) is 5.92 Å². The molecule has 2 aliphatic rings. The van der Waals surface area contributed by atoms with Gasteiger partial charge in [0.15, 0.2) is 0 Å². The topological polar surface area (TPSA) is 84.9 Å². The van der Waals surface area contributed by atoms with Crippen LogP contribution in [0.3, 0.4) is 0 Å². The Morgan fingerprint density at radius 1 is 1.35 bits per heavy atom. The minimum Gasteiger partial charge on any atom is -0.489 e. The van der Waals surface area contributed by atoms with Gasteiger partial charge < -0.3 is 14.8 Å². The number of ether oxygens (including phenoxy) is 2. The van der Waals surface area contributed by atoms with E-state index in [-0.39, 0.29) is 11.9 Å². The molecule has 0 amide bonds. The second kappa shape index (κ2) is 6.64. The van der Waals surface area contributed by atoms with Gasteiger partial charge in [-0.25, -0.2) is 8.42 Å². The number of sulfonamides is 1. The second-order valence-corrected chi connectivity index (χ2v) is 9.72. The van der Waals surface area contributed by atoms with Gasteiger partial charge in [0.1, 0.15) is 18.0 Å². The molecule has 0 saturated heterocycles. The third kappa shape index (κ3) is 4.06. The van der Waals surface area contributed by atoms with E-state index in [0.29, 0.717) is 44.0 Å². The maximum absolute atomic E-state index is 12.4. The highest BCUT2D eigenvalue weighted by Crippen LogP contribution is 2.39. The van der Waals surface area contributed by atoms with E-state index in [2.05, 4.69) is 5.32 Å². The van der Waals surface area contributed by atoms with Gasteiger partial charge in [0, 0.05) is 12.2 Å². The van der Waals surface area contributed by atoms with Crippen molar-refractivity contribution in [2.75, 3.05) is 35.6 Å². The van der Waals surface area contributed by atoms with Crippen LogP contribution in [0.25, 0.3) is 0 Å². The first-order chi connectivity index (χ1) is 12.0. The lowest BCUT2D eigenvalue weighted by Gasteiger charge is -2.30. The molecule has 0 radical (unpaired) electrons. The molecule has 144 valence electrons. The molecule has 3 rings (SSSR count). The van der Waals surface area contributed by atoms with Crippen LogP contribution in [0.5, 0.6) is 5.75 Å². The third-order valence-corrected chi connectivity index (χ3v) is 5.63. The van der Waals surface area contributed by atoms with Crippen LogP contribution in [0.4, 0.5) is 11.4 Å². The Kier molecular flexibility index (Phi) is 4.81. The molecule has 0 aromatic heterocycles. The lowest BCUT2D eigenvalue weighted by Crippen LogP contribution is -2.37. The predicted molar refractivity (Wildman–Crippen MR) is 100 cm³/mol. The molecule has 0 bridgehead atoms. The largest absolute Gasteiger partial charge is 0.489 e. The summed E-state index contributed by atoms with van der Waals surface area (Å²) in [6.07, 6.45) is 2.56. The van der Waals surface area contributed by atoms with E-state index in [4.69, 9.17) is 9.47 Å². The molecule has 1 aromatic carbocycles. The molecule has 1 unspecified atom stereocenters. The van der Waals surface area contributed by atoms with Crippen molar-refractivity contribution >= 4 is 27.4 Å². The Labute approximate surface area is 154 Å². The number of esters is 1. The summed E-state index contributed by atoms with van der Waals surface area (Å²) in [4.78, 5) is 12.4. The van der Waals surface area contributed by atoms with E-state index in [1.807, 2.05) is 32.9 Å². The number of carbonyl (C=O) groups excluding carboxylic acids is 1. The minimum atomic E-state index is -3.37. The first-order valence-corrected chi connectivity index (χ1v) is 10.6. The number of benzene rings is 1. The Hall–Kier alpha value is -1.96. The lowest BCUT2D eigenvalue weighted by atomic mass is 10.00. The first-order valence-electron chi connectivity index (χ1n) is 8.79. The number of hydrogen-bond donors (Lipinski definition) is 1. The van der Waals surface area contributed by atoms with E-state index in [0.717, 1.165) is 11.3 Å². The number of aryl methyl sites for hydroxylation is 1. The van der Waals surface area contributed by atoms with Gasteiger partial charge >= 0.3 is 5.97 Å². The normalized spacial score (nSPS) is 20.2. The summed E-state index contributed by atoms with van der Waals surface area (Å²) in [7, 11) is -3.37. The average molecular weight is 382 g/mol. The summed E-state index contributed by atoms with van der Waals surface area (Å²) < 4.78 is 36.6. The van der Waals surface area contributed by atoms with E-state index in [1.165, 1.54) is 10.6 Å². The highest BCUT2D eigenvalue weighted by atomic mass is 32.2. The number of nitrogens with zero attached hydrogens (tertiary/aromatic N) is 1. The predicted octanol–water partition coefficient (Wildman–Crippen LogP) is 2.16. The van der Waals surface area contributed by atoms with Gasteiger partial charge in [0.2, 0.25) is 10.0 Å². The van der Waals surface area contributed by atoms with Crippen LogP contribution in [-0.4, -0.2) is 45.9 Å². The summed E-state index contributed by atoms with van der Waals surface area (Å²) in [6.45, 7) is 6.65. The lowest BCUT2D eigenvalue weighted by molar-refractivity contribution is -0.159. The van der Waals surface area contributed by atoms with E-state index < -0.39 is 15.6 Å². The molecule has 2 heterocycles. The van der Waals surface area contributed by atoms with Crippen LogP contribution in [0.2, 0.25) is 0 Å². The molecule has 0 fully saturated rings. The molecule has 1 N–H and O–H groups in total. The summed E-state index contributed by atoms with van der Waals surface area (Å²) in [5.74, 6) is 0.111. The van der Waals surface area contributed by atoms with Crippen molar-refractivity contribution in [1.82, 2.24) is 0 Å². The Morgan fingerprint density at radius 2 is 2.08 bits per heavy atom. The number of nitrogens with one attached hydrogen (secondary N) is 1. The monoisotopic (exact) mass is 382 g/mol. The van der Waals surface area contributed by atoms with Gasteiger partial charge in [-0.05, 0) is 51.3 Å². The van der Waals surface area contributed by atoms with Crippen LogP contribution in [0.1, 0.15) is 32.8 Å². The summed E-state index contributed by atoms with van der Waals surface area (Å²) in [5.41, 5.74) is 1.89. The van der Waals surface area contributed by atoms with Crippen LogP contribution < -0.4 is 14.4 Å². The average Bonchev–Trinajstić information content (AvgIpc) is 2.71. The quantitative estimate of drug-likeness (QED) is 0.789. The van der Waals surface area contributed by atoms with Gasteiger partial charge in [-0.1, -0.05) is 0 Å². The summed E-state index contributed by atoms with van der Waals surface area (Å²) >= 11 is 0. The van der Waals surface area contributed by atoms with Crippen LogP contribution in [0, 0.1) is 5.92 Å². The SMILES string of the molecule is CC(C)(C)OC(=O)C1CCc2cc3c(cc2NC1)N(S(C)(=O)=O)CCO3. The second-order valence-electron chi connectivity index (χ2n) is 7.81. The van der Waals surface area contributed by atoms with Crippen molar-refractivity contribution in [3.8, 4) is 5.75 Å². The third-order valence-electron chi connectivity index (χ3n) is 4.45. The fourth-order valence-electron chi connectivity index (χ4n) is 3.25. The van der Waals surface area contributed by atoms with E-state index >= 15 is 0 Å². The van der Waals surface area contributed by atoms with Gasteiger partial charge in [0.05, 0.1) is 24.4 Å². The molecular weight excluding hydrogens is 356 g/mol. The maximum atomic E-state index is 12.4. The van der Waals surface area contributed by atoms with Crippen LogP contribution in [-0.2, 0) is 26.0 Å². The number of anilines is 2. The minimum absolute atomic E-state index is 0.211. The maximum Gasteiger partial charge on any atom is 0.311 e. The zero-order valence-corrected chi connectivity index (χ0v) is 16.5. The molecular formula is C18H26N2O5S. The standard InChI is InChI=1S/C18H26N2O5S/c1-18(2,3)25-17(21)13-6-5-12-9-16-15(10-14(12)19-11-13)20(7-8-24-16)26(4,22)23/h9-10,13,19H,5-8,11H2,1-4H3. The first kappa shape index (κ1) is 18.8. The highest BCUT2D eigenvalue weighted by molar-refractivity contribution is 7.92. The smallest absolute Gasteiger partial charge is 0.311 e. The van der Waals surface area contributed by atoms with E-state index in [9.17, 15) is 13.2 Å². The van der Waals surface area contributed by atoms with Crippen molar-refractivity contribution in [1.29, 1.82) is 0 Å². The highest BCUT2D eigenvalue weighted by Gasteiger charge is 2.30. The number of carbonyl (C=O) groups is 1. The van der Waals surface area contributed by atoms with E-state index in [1.54, 1.807) is 0 Å².